The number of carbonyl (C=O) groups excluding carboxylic acids is 2. The van der Waals surface area contributed by atoms with Gasteiger partial charge < -0.3 is 15.8 Å². The number of para-hydroxylation sites is 1. The third kappa shape index (κ3) is 4.06. The third-order valence-electron chi connectivity index (χ3n) is 3.61. The maximum absolute atomic E-state index is 12.3. The van der Waals surface area contributed by atoms with Gasteiger partial charge in [0.05, 0.1) is 16.3 Å². The summed E-state index contributed by atoms with van der Waals surface area (Å²) in [6.07, 6.45) is -0.951. The van der Waals surface area contributed by atoms with Crippen molar-refractivity contribution in [2.75, 3.05) is 11.1 Å². The van der Waals surface area contributed by atoms with E-state index in [4.69, 9.17) is 22.1 Å². The molecule has 24 heavy (non-hydrogen) atoms. The molecule has 1 atom stereocenters. The van der Waals surface area contributed by atoms with Gasteiger partial charge in [0.15, 0.2) is 6.10 Å². The smallest absolute Gasteiger partial charge is 0.338 e. The lowest BCUT2D eigenvalue weighted by molar-refractivity contribution is -0.123. The van der Waals surface area contributed by atoms with Crippen molar-refractivity contribution in [3.05, 3.63) is 58.1 Å². The van der Waals surface area contributed by atoms with E-state index in [1.807, 2.05) is 32.0 Å². The van der Waals surface area contributed by atoms with Crippen LogP contribution in [0.5, 0.6) is 0 Å². The highest BCUT2D eigenvalue weighted by Gasteiger charge is 2.20. The Bertz CT molecular complexity index is 770. The molecule has 0 unspecified atom stereocenters. The van der Waals surface area contributed by atoms with E-state index in [0.717, 1.165) is 16.8 Å². The summed E-state index contributed by atoms with van der Waals surface area (Å²) in [5.41, 5.74) is 8.78. The number of amides is 1. The minimum absolute atomic E-state index is 0.239. The number of nitrogens with two attached hydrogens (primary N) is 1. The lowest BCUT2D eigenvalue weighted by Gasteiger charge is -2.16. The number of benzene rings is 2. The van der Waals surface area contributed by atoms with E-state index in [1.165, 1.54) is 25.1 Å². The lowest BCUT2D eigenvalue weighted by Crippen LogP contribution is -2.30. The van der Waals surface area contributed by atoms with Crippen molar-refractivity contribution in [1.29, 1.82) is 0 Å². The second-order valence-electron chi connectivity index (χ2n) is 5.54. The molecule has 0 radical (unpaired) electrons. The molecule has 0 aliphatic rings. The van der Waals surface area contributed by atoms with Crippen LogP contribution in [0, 0.1) is 13.8 Å². The summed E-state index contributed by atoms with van der Waals surface area (Å²) in [6, 6.07) is 10.1. The summed E-state index contributed by atoms with van der Waals surface area (Å²) in [6.45, 7) is 5.31. The van der Waals surface area contributed by atoms with Gasteiger partial charge in [-0.1, -0.05) is 29.8 Å². The molecule has 0 spiro atoms. The Kier molecular flexibility index (Phi) is 5.46. The Morgan fingerprint density at radius 3 is 2.38 bits per heavy atom. The van der Waals surface area contributed by atoms with Crippen LogP contribution in [0.15, 0.2) is 36.4 Å². The topological polar surface area (TPSA) is 81.4 Å². The van der Waals surface area contributed by atoms with E-state index in [2.05, 4.69) is 5.32 Å². The molecule has 0 aliphatic carbocycles. The number of hydrogen-bond donors (Lipinski definition) is 2. The molecule has 0 aliphatic heterocycles. The highest BCUT2D eigenvalue weighted by molar-refractivity contribution is 6.33. The SMILES string of the molecule is Cc1cccc(C)c1NC(=O)[C@H](C)OC(=O)c1ccc(Cl)c(N)c1. The highest BCUT2D eigenvalue weighted by atomic mass is 35.5. The van der Waals surface area contributed by atoms with Crippen molar-refractivity contribution >= 4 is 34.9 Å². The zero-order chi connectivity index (χ0) is 17.9. The highest BCUT2D eigenvalue weighted by Crippen LogP contribution is 2.21. The molecule has 6 heteroatoms. The fourth-order valence-electron chi connectivity index (χ4n) is 2.19. The Morgan fingerprint density at radius 1 is 1.17 bits per heavy atom. The van der Waals surface area contributed by atoms with Crippen LogP contribution in [0.25, 0.3) is 0 Å². The summed E-state index contributed by atoms with van der Waals surface area (Å²) in [5.74, 6) is -1.04. The minimum Gasteiger partial charge on any atom is -0.449 e. The van der Waals surface area contributed by atoms with Gasteiger partial charge in [-0.2, -0.15) is 0 Å². The van der Waals surface area contributed by atoms with E-state index >= 15 is 0 Å². The molecule has 2 aromatic carbocycles. The van der Waals surface area contributed by atoms with Gasteiger partial charge in [0.25, 0.3) is 5.91 Å². The quantitative estimate of drug-likeness (QED) is 0.653. The Hall–Kier alpha value is -2.53. The average Bonchev–Trinajstić information content (AvgIpc) is 2.53. The fourth-order valence-corrected chi connectivity index (χ4v) is 2.31. The lowest BCUT2D eigenvalue weighted by atomic mass is 10.1. The number of carbonyl (C=O) groups is 2. The van der Waals surface area contributed by atoms with Gasteiger partial charge in [-0.15, -0.1) is 0 Å². The van der Waals surface area contributed by atoms with Crippen LogP contribution in [0.4, 0.5) is 11.4 Å². The average molecular weight is 347 g/mol. The molecule has 0 aromatic heterocycles. The number of halogens is 1. The first kappa shape index (κ1) is 17.8. The van der Waals surface area contributed by atoms with Gasteiger partial charge in [-0.3, -0.25) is 4.79 Å². The number of nitrogens with one attached hydrogen (secondary N) is 1. The van der Waals surface area contributed by atoms with Crippen molar-refractivity contribution in [3.63, 3.8) is 0 Å². The van der Waals surface area contributed by atoms with Crippen LogP contribution < -0.4 is 11.1 Å². The third-order valence-corrected chi connectivity index (χ3v) is 3.96. The second kappa shape index (κ2) is 7.36. The summed E-state index contributed by atoms with van der Waals surface area (Å²) in [7, 11) is 0. The van der Waals surface area contributed by atoms with E-state index < -0.39 is 18.0 Å². The number of hydrogen-bond acceptors (Lipinski definition) is 4. The first-order chi connectivity index (χ1) is 11.3. The number of aryl methyl sites for hydroxylation is 2. The van der Waals surface area contributed by atoms with Gasteiger partial charge in [0, 0.05) is 5.69 Å². The number of nitrogen functional groups attached to an aromatic ring is 1. The zero-order valence-corrected chi connectivity index (χ0v) is 14.5. The molecule has 0 fully saturated rings. The first-order valence-electron chi connectivity index (χ1n) is 7.42. The Labute approximate surface area is 145 Å². The van der Waals surface area contributed by atoms with E-state index in [1.54, 1.807) is 0 Å². The Morgan fingerprint density at radius 2 is 1.79 bits per heavy atom. The van der Waals surface area contributed by atoms with Crippen molar-refractivity contribution in [2.24, 2.45) is 0 Å². The van der Waals surface area contributed by atoms with Crippen molar-refractivity contribution < 1.29 is 14.3 Å². The number of esters is 1. The summed E-state index contributed by atoms with van der Waals surface area (Å²) < 4.78 is 5.20. The van der Waals surface area contributed by atoms with E-state index in [9.17, 15) is 9.59 Å². The van der Waals surface area contributed by atoms with Crippen molar-refractivity contribution in [1.82, 2.24) is 0 Å². The predicted molar refractivity (Wildman–Crippen MR) is 95.3 cm³/mol. The van der Waals surface area contributed by atoms with Crippen LogP contribution in [0.2, 0.25) is 5.02 Å². The largest absolute Gasteiger partial charge is 0.449 e. The molecular weight excluding hydrogens is 328 g/mol. The molecule has 0 saturated carbocycles. The van der Waals surface area contributed by atoms with Gasteiger partial charge in [0.1, 0.15) is 0 Å². The summed E-state index contributed by atoms with van der Waals surface area (Å²) in [5, 5.41) is 3.15. The molecule has 3 N–H and O–H groups in total. The van der Waals surface area contributed by atoms with E-state index in [0.29, 0.717) is 5.02 Å². The van der Waals surface area contributed by atoms with Crippen LogP contribution in [-0.4, -0.2) is 18.0 Å². The molecular formula is C18H19ClN2O3. The molecule has 2 aromatic rings. The monoisotopic (exact) mass is 346 g/mol. The van der Waals surface area contributed by atoms with Crippen LogP contribution in [0.3, 0.4) is 0 Å². The van der Waals surface area contributed by atoms with Crippen molar-refractivity contribution in [3.8, 4) is 0 Å². The van der Waals surface area contributed by atoms with Crippen LogP contribution in [0.1, 0.15) is 28.4 Å². The molecule has 1 amide bonds. The van der Waals surface area contributed by atoms with Crippen molar-refractivity contribution in [2.45, 2.75) is 26.9 Å². The summed E-state index contributed by atoms with van der Waals surface area (Å²) in [4.78, 5) is 24.4. The molecule has 0 bridgehead atoms. The van der Waals surface area contributed by atoms with Gasteiger partial charge >= 0.3 is 5.97 Å². The number of anilines is 2. The molecule has 126 valence electrons. The fraction of sp³-hybridized carbons (Fsp3) is 0.222. The van der Waals surface area contributed by atoms with Gasteiger partial charge in [0.2, 0.25) is 0 Å². The number of ether oxygens (including phenoxy) is 1. The zero-order valence-electron chi connectivity index (χ0n) is 13.7. The van der Waals surface area contributed by atoms with Gasteiger partial charge in [-0.25, -0.2) is 4.79 Å². The first-order valence-corrected chi connectivity index (χ1v) is 7.80. The standard InChI is InChI=1S/C18H19ClN2O3/c1-10-5-4-6-11(2)16(10)21-17(22)12(3)24-18(23)13-7-8-14(19)15(20)9-13/h4-9,12H,20H2,1-3H3,(H,21,22)/t12-/m0/s1. The molecule has 0 saturated heterocycles. The van der Waals surface area contributed by atoms with Crippen LogP contribution in [-0.2, 0) is 9.53 Å². The molecule has 0 heterocycles. The molecule has 2 rings (SSSR count). The Balaban J connectivity index is 2.05. The normalized spacial score (nSPS) is 11.7. The van der Waals surface area contributed by atoms with Gasteiger partial charge in [-0.05, 0) is 50.1 Å². The predicted octanol–water partition coefficient (Wildman–Crippen LogP) is 3.72. The maximum Gasteiger partial charge on any atom is 0.338 e. The second-order valence-corrected chi connectivity index (χ2v) is 5.95. The molecule has 5 nitrogen and oxygen atoms in total. The summed E-state index contributed by atoms with van der Waals surface area (Å²) >= 11 is 5.82. The minimum atomic E-state index is -0.951. The number of rotatable bonds is 4. The maximum atomic E-state index is 12.3. The van der Waals surface area contributed by atoms with E-state index in [-0.39, 0.29) is 11.3 Å². The van der Waals surface area contributed by atoms with Crippen LogP contribution >= 0.6 is 11.6 Å².